The summed E-state index contributed by atoms with van der Waals surface area (Å²) >= 11 is 7.37. The van der Waals surface area contributed by atoms with E-state index in [0.717, 1.165) is 68.0 Å². The summed E-state index contributed by atoms with van der Waals surface area (Å²) in [5.41, 5.74) is 4.28. The standard InChI is InChI=1S/C29H30Br2N2O3/c1-3-4-5-6-15-35-23-13-9-20(10-14-23)29-33-27(24-16-21(30)17-25(31)28(24)36-29)18-26(32-33)19-7-11-22(34-2)12-8-19/h7-14,16-17,27,29H,3-6,15,18H2,1-2H3. The minimum atomic E-state index is -0.339. The average Bonchev–Trinajstić information content (AvgIpc) is 3.35. The van der Waals surface area contributed by atoms with Crippen LogP contribution in [0.4, 0.5) is 0 Å². The van der Waals surface area contributed by atoms with Crippen LogP contribution in [0.1, 0.15) is 68.0 Å². The highest BCUT2D eigenvalue weighted by Crippen LogP contribution is 2.51. The van der Waals surface area contributed by atoms with E-state index >= 15 is 0 Å². The van der Waals surface area contributed by atoms with Gasteiger partial charge in [0, 0.05) is 22.0 Å². The van der Waals surface area contributed by atoms with Crippen LogP contribution in [0.3, 0.4) is 0 Å². The Morgan fingerprint density at radius 2 is 1.72 bits per heavy atom. The molecule has 2 atom stereocenters. The van der Waals surface area contributed by atoms with E-state index in [1.54, 1.807) is 7.11 Å². The monoisotopic (exact) mass is 612 g/mol. The van der Waals surface area contributed by atoms with Gasteiger partial charge in [-0.3, -0.25) is 0 Å². The lowest BCUT2D eigenvalue weighted by Crippen LogP contribution is -2.33. The van der Waals surface area contributed by atoms with Crippen molar-refractivity contribution in [1.29, 1.82) is 0 Å². The normalized spacial score (nSPS) is 18.2. The molecule has 2 aliphatic rings. The fraction of sp³-hybridized carbons (Fsp3) is 0.345. The second-order valence-corrected chi connectivity index (χ2v) is 10.9. The summed E-state index contributed by atoms with van der Waals surface area (Å²) in [6, 6.07) is 20.6. The molecule has 7 heteroatoms. The smallest absolute Gasteiger partial charge is 0.213 e. The van der Waals surface area contributed by atoms with E-state index in [9.17, 15) is 0 Å². The maximum atomic E-state index is 6.59. The summed E-state index contributed by atoms with van der Waals surface area (Å²) in [6.45, 7) is 2.97. The first-order valence-corrected chi connectivity index (χ1v) is 14.0. The number of methoxy groups -OCH3 is 1. The third-order valence-corrected chi connectivity index (χ3v) is 7.71. The van der Waals surface area contributed by atoms with Gasteiger partial charge in [0.15, 0.2) is 0 Å². The molecule has 0 aromatic heterocycles. The van der Waals surface area contributed by atoms with Crippen LogP contribution < -0.4 is 14.2 Å². The first kappa shape index (κ1) is 25.2. The Balaban J connectivity index is 1.42. The van der Waals surface area contributed by atoms with Gasteiger partial charge in [-0.25, -0.2) is 5.01 Å². The van der Waals surface area contributed by atoms with Crippen molar-refractivity contribution in [1.82, 2.24) is 5.01 Å². The van der Waals surface area contributed by atoms with Crippen molar-refractivity contribution in [2.45, 2.75) is 51.3 Å². The number of benzene rings is 3. The third-order valence-electron chi connectivity index (χ3n) is 6.66. The molecule has 0 amide bonds. The Labute approximate surface area is 229 Å². The molecule has 0 fully saturated rings. The lowest BCUT2D eigenvalue weighted by molar-refractivity contribution is -0.0197. The largest absolute Gasteiger partial charge is 0.497 e. The molecule has 3 aromatic rings. The summed E-state index contributed by atoms with van der Waals surface area (Å²) < 4.78 is 19.8. The summed E-state index contributed by atoms with van der Waals surface area (Å²) in [5, 5.41) is 7.17. The SMILES string of the molecule is CCCCCCOc1ccc(C2Oc3c(Br)cc(Br)cc3C3CC(c4ccc(OC)cc4)=NN32)cc1. The fourth-order valence-corrected chi connectivity index (χ4v) is 6.09. The van der Waals surface area contributed by atoms with E-state index in [2.05, 4.69) is 74.1 Å². The number of hydrogen-bond donors (Lipinski definition) is 0. The highest BCUT2D eigenvalue weighted by Gasteiger charge is 2.42. The quantitative estimate of drug-likeness (QED) is 0.227. The first-order chi connectivity index (χ1) is 17.6. The topological polar surface area (TPSA) is 43.3 Å². The van der Waals surface area contributed by atoms with Crippen LogP contribution in [0, 0.1) is 0 Å². The summed E-state index contributed by atoms with van der Waals surface area (Å²) in [5.74, 6) is 2.59. The molecule has 36 heavy (non-hydrogen) atoms. The second-order valence-electron chi connectivity index (χ2n) is 9.13. The third kappa shape index (κ3) is 5.28. The summed E-state index contributed by atoms with van der Waals surface area (Å²) in [4.78, 5) is 0. The van der Waals surface area contributed by atoms with Gasteiger partial charge in [-0.15, -0.1) is 0 Å². The van der Waals surface area contributed by atoms with Crippen LogP contribution in [0.25, 0.3) is 0 Å². The Morgan fingerprint density at radius 1 is 0.972 bits per heavy atom. The molecule has 0 bridgehead atoms. The lowest BCUT2D eigenvalue weighted by atomic mass is 9.96. The molecule has 0 saturated heterocycles. The van der Waals surface area contributed by atoms with Crippen LogP contribution in [0.5, 0.6) is 17.2 Å². The van der Waals surface area contributed by atoms with Gasteiger partial charge in [0.25, 0.3) is 0 Å². The van der Waals surface area contributed by atoms with Crippen LogP contribution >= 0.6 is 31.9 Å². The van der Waals surface area contributed by atoms with Gasteiger partial charge in [-0.2, -0.15) is 5.10 Å². The van der Waals surface area contributed by atoms with E-state index in [-0.39, 0.29) is 12.3 Å². The van der Waals surface area contributed by atoms with Crippen molar-refractivity contribution >= 4 is 37.6 Å². The van der Waals surface area contributed by atoms with E-state index in [0.29, 0.717) is 0 Å². The molecule has 5 nitrogen and oxygen atoms in total. The number of unbranched alkanes of at least 4 members (excludes halogenated alkanes) is 3. The van der Waals surface area contributed by atoms with Crippen molar-refractivity contribution in [3.8, 4) is 17.2 Å². The molecule has 2 aliphatic heterocycles. The van der Waals surface area contributed by atoms with Crippen LogP contribution in [0.15, 0.2) is 74.7 Å². The van der Waals surface area contributed by atoms with Gasteiger partial charge in [0.2, 0.25) is 6.23 Å². The van der Waals surface area contributed by atoms with Gasteiger partial charge in [-0.1, -0.05) is 42.1 Å². The van der Waals surface area contributed by atoms with Crippen molar-refractivity contribution in [2.75, 3.05) is 13.7 Å². The molecular formula is C29H30Br2N2O3. The van der Waals surface area contributed by atoms with Crippen molar-refractivity contribution in [2.24, 2.45) is 5.10 Å². The van der Waals surface area contributed by atoms with Gasteiger partial charge < -0.3 is 14.2 Å². The minimum absolute atomic E-state index is 0.0687. The minimum Gasteiger partial charge on any atom is -0.497 e. The molecule has 188 valence electrons. The maximum absolute atomic E-state index is 6.59. The van der Waals surface area contributed by atoms with E-state index in [1.807, 2.05) is 30.3 Å². The number of hydrazone groups is 1. The molecule has 0 N–H and O–H groups in total. The zero-order valence-electron chi connectivity index (χ0n) is 20.5. The molecule has 0 saturated carbocycles. The molecular weight excluding hydrogens is 584 g/mol. The zero-order chi connectivity index (χ0) is 25.1. The Bertz CT molecular complexity index is 1230. The van der Waals surface area contributed by atoms with Gasteiger partial charge in [0.1, 0.15) is 17.2 Å². The average molecular weight is 614 g/mol. The Morgan fingerprint density at radius 3 is 2.44 bits per heavy atom. The molecule has 0 radical (unpaired) electrons. The summed E-state index contributed by atoms with van der Waals surface area (Å²) in [6.07, 6.45) is 5.23. The number of fused-ring (bicyclic) bond motifs is 3. The predicted octanol–water partition coefficient (Wildman–Crippen LogP) is 8.42. The van der Waals surface area contributed by atoms with Crippen molar-refractivity contribution in [3.63, 3.8) is 0 Å². The molecule has 3 aromatic carbocycles. The number of ether oxygens (including phenoxy) is 3. The Kier molecular flexibility index (Phi) is 7.87. The maximum Gasteiger partial charge on any atom is 0.213 e. The van der Waals surface area contributed by atoms with E-state index in [1.165, 1.54) is 19.3 Å². The van der Waals surface area contributed by atoms with Crippen molar-refractivity contribution in [3.05, 3.63) is 86.3 Å². The molecule has 0 aliphatic carbocycles. The zero-order valence-corrected chi connectivity index (χ0v) is 23.7. The summed E-state index contributed by atoms with van der Waals surface area (Å²) in [7, 11) is 1.68. The van der Waals surface area contributed by atoms with Crippen LogP contribution in [0.2, 0.25) is 0 Å². The number of nitrogens with zero attached hydrogens (tertiary/aromatic N) is 2. The van der Waals surface area contributed by atoms with E-state index < -0.39 is 0 Å². The van der Waals surface area contributed by atoms with Gasteiger partial charge >= 0.3 is 0 Å². The highest BCUT2D eigenvalue weighted by molar-refractivity contribution is 9.11. The van der Waals surface area contributed by atoms with Crippen LogP contribution in [-0.4, -0.2) is 24.4 Å². The highest BCUT2D eigenvalue weighted by atomic mass is 79.9. The van der Waals surface area contributed by atoms with Gasteiger partial charge in [0.05, 0.1) is 29.9 Å². The molecule has 5 rings (SSSR count). The first-order valence-electron chi connectivity index (χ1n) is 12.5. The lowest BCUT2D eigenvalue weighted by Gasteiger charge is -2.38. The molecule has 0 spiro atoms. The fourth-order valence-electron chi connectivity index (χ4n) is 4.74. The van der Waals surface area contributed by atoms with Crippen molar-refractivity contribution < 1.29 is 14.2 Å². The number of rotatable bonds is 9. The number of hydrogen-bond acceptors (Lipinski definition) is 5. The molecule has 2 unspecified atom stereocenters. The second kappa shape index (κ2) is 11.3. The van der Waals surface area contributed by atoms with E-state index in [4.69, 9.17) is 19.3 Å². The predicted molar refractivity (Wildman–Crippen MR) is 150 cm³/mol. The molecule has 2 heterocycles. The van der Waals surface area contributed by atoms with Gasteiger partial charge in [-0.05, 0) is 88.6 Å². The Hall–Kier alpha value is -2.51. The van der Waals surface area contributed by atoms with Crippen LogP contribution in [-0.2, 0) is 0 Å². The number of halogens is 2.